The van der Waals surface area contributed by atoms with Gasteiger partial charge in [-0.15, -0.1) is 0 Å². The first-order chi connectivity index (χ1) is 12.2. The molecule has 0 aromatic carbocycles. The number of hydrogen-bond donors (Lipinski definition) is 2. The number of Topliss-reactive ketones (excluding diaryl/α,β-unsaturated/α-hetero) is 1. The van der Waals surface area contributed by atoms with Crippen molar-refractivity contribution in [3.05, 3.63) is 11.6 Å². The summed E-state index contributed by atoms with van der Waals surface area (Å²) >= 11 is 0. The van der Waals surface area contributed by atoms with E-state index >= 15 is 0 Å². The molecule has 4 rings (SSSR count). The van der Waals surface area contributed by atoms with Crippen LogP contribution in [0.15, 0.2) is 11.6 Å². The van der Waals surface area contributed by atoms with Gasteiger partial charge in [0, 0.05) is 17.3 Å². The molecule has 2 N–H and O–H groups in total. The molecule has 0 unspecified atom stereocenters. The normalized spacial score (nSPS) is 45.5. The third-order valence-corrected chi connectivity index (χ3v) is 8.39. The Morgan fingerprint density at radius 3 is 2.73 bits per heavy atom. The van der Waals surface area contributed by atoms with E-state index in [0.29, 0.717) is 43.3 Å². The van der Waals surface area contributed by atoms with Crippen molar-refractivity contribution in [1.82, 2.24) is 0 Å². The molecule has 0 bridgehead atoms. The molecule has 146 valence electrons. The number of rotatable bonds is 3. The van der Waals surface area contributed by atoms with Gasteiger partial charge in [-0.05, 0) is 62.7 Å². The predicted octanol–water partition coefficient (Wildman–Crippen LogP) is 2.68. The monoisotopic (exact) mass is 384 g/mol. The number of aliphatic hydroxyl groups is 1. The van der Waals surface area contributed by atoms with E-state index in [0.717, 1.165) is 31.3 Å². The zero-order valence-corrected chi connectivity index (χ0v) is 16.0. The smallest absolute Gasteiger partial charge is 0.393 e. The second-order valence-electron chi connectivity index (χ2n) is 9.00. The standard InChI is InChI=1S/C19H28O6S/c1-18-8-7-16-14(15(18)4-5-17(18)21)3-2-12-10-13(20)6-9-19(12,16)11-25-26(22,23)24/h2,13-16,20H,3-11H2,1H3,(H,22,23,24)/t13-,14+,15+,16+,18+,19-/m1/s1. The Morgan fingerprint density at radius 1 is 1.23 bits per heavy atom. The van der Waals surface area contributed by atoms with Gasteiger partial charge in [-0.25, -0.2) is 4.18 Å². The highest BCUT2D eigenvalue weighted by Crippen LogP contribution is 2.64. The number of allylic oxidation sites excluding steroid dienone is 1. The largest absolute Gasteiger partial charge is 0.397 e. The molecule has 0 saturated heterocycles. The molecule has 3 fully saturated rings. The lowest BCUT2D eigenvalue weighted by Gasteiger charge is -2.57. The number of ketones is 1. The molecule has 7 heteroatoms. The molecule has 26 heavy (non-hydrogen) atoms. The summed E-state index contributed by atoms with van der Waals surface area (Å²) in [6.07, 6.45) is 7.71. The van der Waals surface area contributed by atoms with Crippen LogP contribution >= 0.6 is 0 Å². The summed E-state index contributed by atoms with van der Waals surface area (Å²) in [5.74, 6) is 1.28. The summed E-state index contributed by atoms with van der Waals surface area (Å²) in [6.45, 7) is 2.04. The van der Waals surface area contributed by atoms with Crippen LogP contribution in [0.4, 0.5) is 0 Å². The molecule has 0 aromatic rings. The van der Waals surface area contributed by atoms with Gasteiger partial charge < -0.3 is 5.11 Å². The molecule has 0 spiro atoms. The van der Waals surface area contributed by atoms with Crippen molar-refractivity contribution < 1.29 is 27.1 Å². The maximum Gasteiger partial charge on any atom is 0.397 e. The minimum absolute atomic E-state index is 0.0665. The van der Waals surface area contributed by atoms with Crippen molar-refractivity contribution in [3.63, 3.8) is 0 Å². The van der Waals surface area contributed by atoms with E-state index in [4.69, 9.17) is 8.74 Å². The highest BCUT2D eigenvalue weighted by Gasteiger charge is 2.60. The van der Waals surface area contributed by atoms with Crippen molar-refractivity contribution >= 4 is 16.2 Å². The second kappa shape index (κ2) is 6.12. The van der Waals surface area contributed by atoms with Gasteiger partial charge >= 0.3 is 10.4 Å². The first kappa shape index (κ1) is 18.6. The molecular formula is C19H28O6S. The van der Waals surface area contributed by atoms with Crippen molar-refractivity contribution in [1.29, 1.82) is 0 Å². The van der Waals surface area contributed by atoms with E-state index in [9.17, 15) is 18.3 Å². The number of aliphatic hydroxyl groups excluding tert-OH is 1. The highest BCUT2D eigenvalue weighted by atomic mass is 32.3. The zero-order chi connectivity index (χ0) is 18.7. The molecule has 0 radical (unpaired) electrons. The maximum absolute atomic E-state index is 12.5. The fourth-order valence-corrected chi connectivity index (χ4v) is 7.02. The van der Waals surface area contributed by atoms with Crippen molar-refractivity contribution in [2.75, 3.05) is 6.61 Å². The number of carbonyl (C=O) groups is 1. The SMILES string of the molecule is C[C@]12CC[C@H]3[C@@H](CC=C4C[C@H](O)CC[C@@]43COS(=O)(=O)O)[C@@H]1CCC2=O. The van der Waals surface area contributed by atoms with Crippen LogP contribution in [0.2, 0.25) is 0 Å². The van der Waals surface area contributed by atoms with E-state index in [2.05, 4.69) is 13.0 Å². The Balaban J connectivity index is 1.71. The van der Waals surface area contributed by atoms with E-state index in [1.54, 1.807) is 0 Å². The molecule has 0 amide bonds. The van der Waals surface area contributed by atoms with Crippen molar-refractivity contribution in [3.8, 4) is 0 Å². The van der Waals surface area contributed by atoms with Crippen molar-refractivity contribution in [2.45, 2.75) is 64.4 Å². The van der Waals surface area contributed by atoms with Gasteiger partial charge in [0.25, 0.3) is 0 Å². The van der Waals surface area contributed by atoms with Gasteiger partial charge in [0.1, 0.15) is 5.78 Å². The van der Waals surface area contributed by atoms with Gasteiger partial charge in [0.2, 0.25) is 0 Å². The van der Waals surface area contributed by atoms with Crippen molar-refractivity contribution in [2.24, 2.45) is 28.6 Å². The van der Waals surface area contributed by atoms with E-state index in [-0.39, 0.29) is 17.9 Å². The van der Waals surface area contributed by atoms with E-state index < -0.39 is 21.9 Å². The van der Waals surface area contributed by atoms with Crippen LogP contribution in [0.25, 0.3) is 0 Å². The van der Waals surface area contributed by atoms with Crippen LogP contribution in [0.5, 0.6) is 0 Å². The minimum atomic E-state index is -4.51. The van der Waals surface area contributed by atoms with Crippen LogP contribution in [-0.2, 0) is 19.4 Å². The Kier molecular flexibility index (Phi) is 4.38. The Morgan fingerprint density at radius 2 is 2.00 bits per heavy atom. The summed E-state index contributed by atoms with van der Waals surface area (Å²) in [6, 6.07) is 0. The van der Waals surface area contributed by atoms with Crippen LogP contribution in [0.1, 0.15) is 58.3 Å². The highest BCUT2D eigenvalue weighted by molar-refractivity contribution is 7.80. The molecule has 4 aliphatic carbocycles. The summed E-state index contributed by atoms with van der Waals surface area (Å²) in [7, 11) is -4.51. The van der Waals surface area contributed by atoms with Gasteiger partial charge in [0.15, 0.2) is 0 Å². The number of hydrogen-bond acceptors (Lipinski definition) is 5. The Labute approximate surface area is 155 Å². The summed E-state index contributed by atoms with van der Waals surface area (Å²) in [5.41, 5.74) is 0.380. The average Bonchev–Trinajstić information content (AvgIpc) is 2.88. The van der Waals surface area contributed by atoms with Gasteiger partial charge in [0.05, 0.1) is 12.7 Å². The maximum atomic E-state index is 12.5. The fraction of sp³-hybridized carbons (Fsp3) is 0.842. The molecular weight excluding hydrogens is 356 g/mol. The number of carbonyl (C=O) groups excluding carboxylic acids is 1. The topological polar surface area (TPSA) is 101 Å². The summed E-state index contributed by atoms with van der Waals surface area (Å²) in [4.78, 5) is 12.5. The molecule has 0 heterocycles. The summed E-state index contributed by atoms with van der Waals surface area (Å²) in [5, 5.41) is 10.1. The van der Waals surface area contributed by atoms with E-state index in [1.807, 2.05) is 0 Å². The molecule has 6 nitrogen and oxygen atoms in total. The van der Waals surface area contributed by atoms with Gasteiger partial charge in [-0.3, -0.25) is 9.35 Å². The molecule has 0 aliphatic heterocycles. The van der Waals surface area contributed by atoms with Crippen LogP contribution in [0, 0.1) is 28.6 Å². The molecule has 6 atom stereocenters. The lowest BCUT2D eigenvalue weighted by molar-refractivity contribution is -0.132. The first-order valence-corrected chi connectivity index (χ1v) is 11.0. The van der Waals surface area contributed by atoms with Crippen LogP contribution in [0.3, 0.4) is 0 Å². The molecule has 4 aliphatic rings. The minimum Gasteiger partial charge on any atom is -0.393 e. The van der Waals surface area contributed by atoms with Crippen LogP contribution in [-0.4, -0.2) is 36.6 Å². The predicted molar refractivity (Wildman–Crippen MR) is 94.5 cm³/mol. The van der Waals surface area contributed by atoms with Gasteiger partial charge in [-0.1, -0.05) is 18.6 Å². The lowest BCUT2D eigenvalue weighted by Crippen LogP contribution is -2.53. The molecule has 3 saturated carbocycles. The summed E-state index contributed by atoms with van der Waals surface area (Å²) < 4.78 is 36.6. The molecule has 0 aromatic heterocycles. The number of fused-ring (bicyclic) bond motifs is 5. The average molecular weight is 384 g/mol. The Hall–Kier alpha value is -0.760. The second-order valence-corrected chi connectivity index (χ2v) is 10.1. The van der Waals surface area contributed by atoms with Gasteiger partial charge in [-0.2, -0.15) is 8.42 Å². The first-order valence-electron chi connectivity index (χ1n) is 9.68. The lowest BCUT2D eigenvalue weighted by atomic mass is 9.47. The third-order valence-electron chi connectivity index (χ3n) is 7.98. The third kappa shape index (κ3) is 2.79. The van der Waals surface area contributed by atoms with Crippen LogP contribution < -0.4 is 0 Å². The quantitative estimate of drug-likeness (QED) is 0.573. The van der Waals surface area contributed by atoms with E-state index in [1.165, 1.54) is 0 Å². The fourth-order valence-electron chi connectivity index (χ4n) is 6.66. The Bertz CT molecular complexity index is 743. The zero-order valence-electron chi connectivity index (χ0n) is 15.2.